The van der Waals surface area contributed by atoms with Crippen molar-refractivity contribution in [2.75, 3.05) is 0 Å². The number of halogens is 12. The van der Waals surface area contributed by atoms with Gasteiger partial charge in [0.05, 0.1) is 0 Å². The second kappa shape index (κ2) is 11.9. The molecule has 0 unspecified atom stereocenters. The summed E-state index contributed by atoms with van der Waals surface area (Å²) in [7, 11) is 0. The zero-order valence-corrected chi connectivity index (χ0v) is 20.3. The number of hydrogen-bond acceptors (Lipinski definition) is 0. The van der Waals surface area contributed by atoms with E-state index in [2.05, 4.69) is 0 Å². The van der Waals surface area contributed by atoms with Gasteiger partial charge in [0.2, 0.25) is 0 Å². The summed E-state index contributed by atoms with van der Waals surface area (Å²) in [6.45, 7) is 6.50. The van der Waals surface area contributed by atoms with Gasteiger partial charge in [-0.25, -0.2) is 48.3 Å². The van der Waals surface area contributed by atoms with Gasteiger partial charge in [-0.3, -0.25) is 0 Å². The second-order valence-corrected chi connectivity index (χ2v) is 7.90. The second-order valence-electron chi connectivity index (χ2n) is 7.52. The fourth-order valence-electron chi connectivity index (χ4n) is 2.65. The Hall–Kier alpha value is -2.82. The van der Waals surface area contributed by atoms with Gasteiger partial charge in [-0.15, -0.1) is 0 Å². The smallest absolute Gasteiger partial charge is 0.195 e. The van der Waals surface area contributed by atoms with Crippen LogP contribution in [0.5, 0.6) is 0 Å². The predicted octanol–water partition coefficient (Wildman–Crippen LogP) is 9.09. The highest BCUT2D eigenvalue weighted by Crippen LogP contribution is 2.27. The monoisotopic (exact) mass is 550 g/mol. The van der Waals surface area contributed by atoms with E-state index in [-0.39, 0.29) is 11.1 Å². The highest BCUT2D eigenvalue weighted by atomic mass is 35.5. The summed E-state index contributed by atoms with van der Waals surface area (Å²) in [4.78, 5) is 0. The van der Waals surface area contributed by atoms with Gasteiger partial charge in [0.25, 0.3) is 0 Å². The van der Waals surface area contributed by atoms with E-state index < -0.39 is 91.3 Å². The van der Waals surface area contributed by atoms with Crippen molar-refractivity contribution < 1.29 is 48.3 Å². The highest BCUT2D eigenvalue weighted by molar-refractivity contribution is 6.31. The molecule has 0 radical (unpaired) electrons. The topological polar surface area (TPSA) is 0 Å². The van der Waals surface area contributed by atoms with Crippen molar-refractivity contribution in [1.29, 1.82) is 0 Å². The van der Waals surface area contributed by atoms with E-state index in [0.29, 0.717) is 0 Å². The molecule has 0 fully saturated rings. The quantitative estimate of drug-likeness (QED) is 0.149. The fraction of sp³-hybridized carbons (Fsp3) is 0.250. The minimum atomic E-state index is -1.62. The van der Waals surface area contributed by atoms with E-state index in [9.17, 15) is 48.3 Å². The van der Waals surface area contributed by atoms with Gasteiger partial charge in [0.1, 0.15) is 16.7 Å². The van der Waals surface area contributed by atoms with Gasteiger partial charge >= 0.3 is 0 Å². The van der Waals surface area contributed by atoms with Crippen LogP contribution in [0.15, 0.2) is 0 Å². The summed E-state index contributed by atoms with van der Waals surface area (Å²) < 4.78 is 140. The van der Waals surface area contributed by atoms with Crippen LogP contribution in [0.1, 0.15) is 33.4 Å². The van der Waals surface area contributed by atoms with Gasteiger partial charge < -0.3 is 0 Å². The minimum Gasteiger partial charge on any atom is -0.206 e. The maximum atomic E-state index is 12.9. The summed E-state index contributed by atoms with van der Waals surface area (Å²) in [5.74, 6) is -13.8. The van der Waals surface area contributed by atoms with Crippen molar-refractivity contribution in [3.63, 3.8) is 0 Å². The summed E-state index contributed by atoms with van der Waals surface area (Å²) in [5, 5.41) is -0.647. The molecule has 36 heavy (non-hydrogen) atoms. The van der Waals surface area contributed by atoms with E-state index in [0.717, 1.165) is 27.7 Å². The first-order chi connectivity index (χ1) is 16.4. The molecule has 0 saturated carbocycles. The molecule has 3 rings (SSSR count). The third-order valence-electron chi connectivity index (χ3n) is 5.11. The predicted molar refractivity (Wildman–Crippen MR) is 112 cm³/mol. The Labute approximate surface area is 204 Å². The first-order valence-corrected chi connectivity index (χ1v) is 10.1. The molecule has 0 aromatic heterocycles. The molecule has 0 N–H and O–H groups in total. The molecule has 0 heterocycles. The summed E-state index contributed by atoms with van der Waals surface area (Å²) in [6.07, 6.45) is 0. The standard InChI is InChI=1S/C8H6ClF3.2C8H6F4/c1-3-6(10)4(2)8(12)5(9)7(3)11;1-3-5(9)7(11)4(2)8(12)6(3)10;1-3-5(9)4(2)7(11)8(12)6(3)10/h3*1-2H3. The Balaban J connectivity index is 0.000000270. The summed E-state index contributed by atoms with van der Waals surface area (Å²) >= 11 is 5.24. The lowest BCUT2D eigenvalue weighted by molar-refractivity contribution is 0.423. The van der Waals surface area contributed by atoms with Gasteiger partial charge in [0, 0.05) is 33.4 Å². The van der Waals surface area contributed by atoms with Gasteiger partial charge in [0.15, 0.2) is 52.4 Å². The molecule has 3 aromatic rings. The minimum absolute atomic E-state index is 0.251. The van der Waals surface area contributed by atoms with Gasteiger partial charge in [-0.05, 0) is 41.5 Å². The molecular weight excluding hydrogens is 533 g/mol. The average Bonchev–Trinajstić information content (AvgIpc) is 2.87. The first-order valence-electron chi connectivity index (χ1n) is 9.77. The average molecular weight is 551 g/mol. The van der Waals surface area contributed by atoms with Crippen molar-refractivity contribution in [2.24, 2.45) is 0 Å². The Bertz CT molecular complexity index is 841. The SMILES string of the molecule is Cc1c(F)c(C)c(F)c(Cl)c1F.Cc1c(F)c(C)c(F)c(F)c1F.Cc1c(F)c(F)c(C)c(F)c1F. The normalized spacial score (nSPS) is 10.5. The van der Waals surface area contributed by atoms with Crippen LogP contribution in [0.2, 0.25) is 5.02 Å². The van der Waals surface area contributed by atoms with Crippen LogP contribution < -0.4 is 0 Å². The van der Waals surface area contributed by atoms with Crippen LogP contribution in [0, 0.1) is 106 Å². The molecule has 0 nitrogen and oxygen atoms in total. The third kappa shape index (κ3) is 5.93. The van der Waals surface area contributed by atoms with Crippen LogP contribution in [-0.2, 0) is 0 Å². The fourth-order valence-corrected chi connectivity index (χ4v) is 2.93. The molecular formula is C24H18ClF11. The molecule has 12 heteroatoms. The van der Waals surface area contributed by atoms with Gasteiger partial charge in [-0.2, -0.15) is 0 Å². The maximum absolute atomic E-state index is 12.9. The van der Waals surface area contributed by atoms with Gasteiger partial charge in [-0.1, -0.05) is 11.6 Å². The molecule has 0 aliphatic carbocycles. The van der Waals surface area contributed by atoms with E-state index in [4.69, 9.17) is 11.6 Å². The molecule has 0 saturated heterocycles. The lowest BCUT2D eigenvalue weighted by Crippen LogP contribution is -2.02. The van der Waals surface area contributed by atoms with E-state index >= 15 is 0 Å². The van der Waals surface area contributed by atoms with Crippen LogP contribution in [0.25, 0.3) is 0 Å². The number of benzene rings is 3. The zero-order chi connectivity index (χ0) is 28.4. The number of hydrogen-bond donors (Lipinski definition) is 0. The first kappa shape index (κ1) is 31.2. The molecule has 0 spiro atoms. The Morgan fingerprint density at radius 2 is 0.444 bits per heavy atom. The maximum Gasteiger partial charge on any atom is 0.195 e. The Morgan fingerprint density at radius 1 is 0.278 bits per heavy atom. The van der Waals surface area contributed by atoms with Crippen molar-refractivity contribution in [1.82, 2.24) is 0 Å². The number of rotatable bonds is 0. The summed E-state index contributed by atoms with van der Waals surface area (Å²) in [6, 6.07) is 0. The third-order valence-corrected chi connectivity index (χ3v) is 5.44. The van der Waals surface area contributed by atoms with Crippen LogP contribution in [-0.4, -0.2) is 0 Å². The van der Waals surface area contributed by atoms with Crippen LogP contribution in [0.3, 0.4) is 0 Å². The van der Waals surface area contributed by atoms with Crippen molar-refractivity contribution >= 4 is 11.6 Å². The molecule has 0 amide bonds. The molecule has 198 valence electrons. The molecule has 0 atom stereocenters. The van der Waals surface area contributed by atoms with Crippen molar-refractivity contribution in [2.45, 2.75) is 41.5 Å². The van der Waals surface area contributed by atoms with Crippen LogP contribution >= 0.6 is 11.6 Å². The summed E-state index contributed by atoms with van der Waals surface area (Å²) in [5.41, 5.74) is -2.75. The van der Waals surface area contributed by atoms with E-state index in [1.807, 2.05) is 0 Å². The van der Waals surface area contributed by atoms with E-state index in [1.54, 1.807) is 0 Å². The molecule has 3 aromatic carbocycles. The molecule has 0 bridgehead atoms. The Kier molecular flexibility index (Phi) is 10.4. The van der Waals surface area contributed by atoms with E-state index in [1.165, 1.54) is 13.8 Å². The zero-order valence-electron chi connectivity index (χ0n) is 19.5. The molecule has 0 aliphatic heterocycles. The lowest BCUT2D eigenvalue weighted by Gasteiger charge is -2.05. The van der Waals surface area contributed by atoms with Crippen LogP contribution in [0.4, 0.5) is 48.3 Å². The van der Waals surface area contributed by atoms with Crippen molar-refractivity contribution in [3.05, 3.63) is 102 Å². The largest absolute Gasteiger partial charge is 0.206 e. The highest BCUT2D eigenvalue weighted by Gasteiger charge is 2.21. The lowest BCUT2D eigenvalue weighted by atomic mass is 10.1. The Morgan fingerprint density at radius 3 is 0.694 bits per heavy atom. The molecule has 0 aliphatic rings. The van der Waals surface area contributed by atoms with Crippen molar-refractivity contribution in [3.8, 4) is 0 Å².